The van der Waals surface area contributed by atoms with Crippen molar-refractivity contribution < 1.29 is 23.9 Å². The minimum Gasteiger partial charge on any atom is -0.457 e. The van der Waals surface area contributed by atoms with Gasteiger partial charge in [-0.3, -0.25) is 14.4 Å². The molecule has 0 aliphatic heterocycles. The lowest BCUT2D eigenvalue weighted by molar-refractivity contribution is -0.147. The molecule has 2 amide bonds. The van der Waals surface area contributed by atoms with Crippen molar-refractivity contribution in [1.82, 2.24) is 0 Å². The van der Waals surface area contributed by atoms with E-state index in [2.05, 4.69) is 10.6 Å². The van der Waals surface area contributed by atoms with E-state index >= 15 is 0 Å². The van der Waals surface area contributed by atoms with Crippen molar-refractivity contribution in [3.8, 4) is 11.5 Å². The lowest BCUT2D eigenvalue weighted by Gasteiger charge is -2.10. The smallest absolute Gasteiger partial charge is 0.306 e. The second kappa shape index (κ2) is 12.2. The zero-order valence-electron chi connectivity index (χ0n) is 19.6. The molecule has 0 saturated heterocycles. The molecule has 7 nitrogen and oxygen atoms in total. The quantitative estimate of drug-likeness (QED) is 0.274. The maximum absolute atomic E-state index is 12.2. The van der Waals surface area contributed by atoms with E-state index in [1.165, 1.54) is 0 Å². The maximum atomic E-state index is 12.2. The van der Waals surface area contributed by atoms with E-state index < -0.39 is 11.9 Å². The third-order valence-electron chi connectivity index (χ3n) is 5.32. The molecule has 0 aliphatic carbocycles. The molecule has 0 fully saturated rings. The Kier molecular flexibility index (Phi) is 8.27. The number of benzene rings is 4. The van der Waals surface area contributed by atoms with Gasteiger partial charge in [0.25, 0.3) is 5.91 Å². The van der Waals surface area contributed by atoms with Crippen LogP contribution >= 0.6 is 0 Å². The number of para-hydroxylation sites is 1. The Bertz CT molecular complexity index is 1330. The molecule has 2 N–H and O–H groups in total. The van der Waals surface area contributed by atoms with Gasteiger partial charge in [0, 0.05) is 29.6 Å². The average Bonchev–Trinajstić information content (AvgIpc) is 2.89. The third kappa shape index (κ3) is 7.17. The molecule has 0 atom stereocenters. The van der Waals surface area contributed by atoms with Gasteiger partial charge in [0.2, 0.25) is 5.91 Å². The first-order valence-corrected chi connectivity index (χ1v) is 11.6. The van der Waals surface area contributed by atoms with Crippen LogP contribution in [-0.2, 0) is 19.1 Å². The van der Waals surface area contributed by atoms with E-state index in [9.17, 15) is 14.4 Å². The fourth-order valence-electron chi connectivity index (χ4n) is 3.57. The summed E-state index contributed by atoms with van der Waals surface area (Å²) in [5.41, 5.74) is 1.26. The molecular weight excluding hydrogens is 456 g/mol. The van der Waals surface area contributed by atoms with Gasteiger partial charge < -0.3 is 20.1 Å². The first-order chi connectivity index (χ1) is 17.6. The van der Waals surface area contributed by atoms with E-state index in [1.54, 1.807) is 48.5 Å². The molecule has 36 heavy (non-hydrogen) atoms. The van der Waals surface area contributed by atoms with Gasteiger partial charge >= 0.3 is 5.97 Å². The summed E-state index contributed by atoms with van der Waals surface area (Å²) in [6, 6.07) is 29.9. The monoisotopic (exact) mass is 482 g/mol. The van der Waals surface area contributed by atoms with Crippen molar-refractivity contribution in [3.63, 3.8) is 0 Å². The van der Waals surface area contributed by atoms with E-state index in [1.807, 2.05) is 48.5 Å². The summed E-state index contributed by atoms with van der Waals surface area (Å²) in [5, 5.41) is 7.55. The molecule has 4 aromatic rings. The Morgan fingerprint density at radius 2 is 1.31 bits per heavy atom. The number of carbonyl (C=O) groups excluding carboxylic acids is 3. The van der Waals surface area contributed by atoms with Crippen molar-refractivity contribution in [3.05, 3.63) is 97.1 Å². The highest BCUT2D eigenvalue weighted by Crippen LogP contribution is 2.30. The second-order valence-corrected chi connectivity index (χ2v) is 8.08. The number of anilines is 2. The maximum Gasteiger partial charge on any atom is 0.306 e. The van der Waals surface area contributed by atoms with Crippen molar-refractivity contribution in [2.75, 3.05) is 17.2 Å². The Balaban J connectivity index is 1.17. The van der Waals surface area contributed by atoms with Crippen LogP contribution in [0.1, 0.15) is 19.3 Å². The fourth-order valence-corrected chi connectivity index (χ4v) is 3.57. The van der Waals surface area contributed by atoms with E-state index in [-0.39, 0.29) is 25.4 Å². The van der Waals surface area contributed by atoms with Crippen molar-refractivity contribution in [1.29, 1.82) is 0 Å². The molecular formula is C29H26N2O5. The van der Waals surface area contributed by atoms with Crippen LogP contribution in [-0.4, -0.2) is 24.4 Å². The van der Waals surface area contributed by atoms with Gasteiger partial charge in [0.1, 0.15) is 11.5 Å². The Morgan fingerprint density at radius 1 is 0.639 bits per heavy atom. The van der Waals surface area contributed by atoms with Crippen LogP contribution in [0.15, 0.2) is 97.1 Å². The standard InChI is InChI=1S/C29H26N2O5/c32-27(14-7-15-29(34)35-20-28(33)31-22-10-2-1-3-11-22)30-23-16-18-24(19-17-23)36-26-13-6-9-21-8-4-5-12-25(21)26/h1-6,8-13,16-19H,7,14-15,20H2,(H,30,32)(H,31,33). The Hall–Kier alpha value is -4.65. The molecule has 0 heterocycles. The molecule has 182 valence electrons. The SMILES string of the molecule is O=C(CCCC(=O)OCC(=O)Nc1ccccc1)Nc1ccc(Oc2cccc3ccccc23)cc1. The van der Waals surface area contributed by atoms with E-state index in [0.29, 0.717) is 23.5 Å². The highest BCUT2D eigenvalue weighted by Gasteiger charge is 2.10. The molecule has 0 unspecified atom stereocenters. The third-order valence-corrected chi connectivity index (χ3v) is 5.32. The van der Waals surface area contributed by atoms with E-state index in [0.717, 1.165) is 16.5 Å². The minimum atomic E-state index is -0.527. The molecule has 4 rings (SSSR count). The first kappa shape index (κ1) is 24.5. The van der Waals surface area contributed by atoms with Gasteiger partial charge in [-0.15, -0.1) is 0 Å². The van der Waals surface area contributed by atoms with Gasteiger partial charge in [-0.2, -0.15) is 0 Å². The predicted octanol–water partition coefficient (Wildman–Crippen LogP) is 5.92. The van der Waals surface area contributed by atoms with Crippen molar-refractivity contribution >= 4 is 39.9 Å². The number of rotatable bonds is 10. The average molecular weight is 483 g/mol. The molecule has 0 radical (unpaired) electrons. The van der Waals surface area contributed by atoms with Crippen molar-refractivity contribution in [2.24, 2.45) is 0 Å². The van der Waals surface area contributed by atoms with Crippen LogP contribution in [0.25, 0.3) is 10.8 Å². The highest BCUT2D eigenvalue weighted by molar-refractivity contribution is 5.93. The van der Waals surface area contributed by atoms with Gasteiger partial charge in [-0.05, 0) is 54.3 Å². The predicted molar refractivity (Wildman–Crippen MR) is 139 cm³/mol. The fraction of sp³-hybridized carbons (Fsp3) is 0.138. The zero-order valence-corrected chi connectivity index (χ0v) is 19.6. The molecule has 0 saturated carbocycles. The van der Waals surface area contributed by atoms with Gasteiger partial charge in [0.05, 0.1) is 0 Å². The summed E-state index contributed by atoms with van der Waals surface area (Å²) in [6.45, 7) is -0.368. The van der Waals surface area contributed by atoms with Crippen LogP contribution in [0.4, 0.5) is 11.4 Å². The van der Waals surface area contributed by atoms with Crippen LogP contribution < -0.4 is 15.4 Å². The molecule has 7 heteroatoms. The lowest BCUT2D eigenvalue weighted by atomic mass is 10.1. The zero-order chi connectivity index (χ0) is 25.2. The molecule has 0 bridgehead atoms. The highest BCUT2D eigenvalue weighted by atomic mass is 16.5. The summed E-state index contributed by atoms with van der Waals surface area (Å²) in [4.78, 5) is 35.9. The number of esters is 1. The number of amides is 2. The second-order valence-electron chi connectivity index (χ2n) is 8.08. The Labute approximate surface area is 209 Å². The topological polar surface area (TPSA) is 93.7 Å². The van der Waals surface area contributed by atoms with Crippen LogP contribution in [0, 0.1) is 0 Å². The molecule has 0 aromatic heterocycles. The van der Waals surface area contributed by atoms with Crippen molar-refractivity contribution in [2.45, 2.75) is 19.3 Å². The number of ether oxygens (including phenoxy) is 2. The number of carbonyl (C=O) groups is 3. The number of hydrogen-bond donors (Lipinski definition) is 2. The molecule has 0 aliphatic rings. The first-order valence-electron chi connectivity index (χ1n) is 11.6. The molecule has 0 spiro atoms. The van der Waals surface area contributed by atoms with Crippen LogP contribution in [0.3, 0.4) is 0 Å². The normalized spacial score (nSPS) is 10.4. The summed E-state index contributed by atoms with van der Waals surface area (Å²) >= 11 is 0. The molecule has 4 aromatic carbocycles. The van der Waals surface area contributed by atoms with Crippen LogP contribution in [0.2, 0.25) is 0 Å². The summed E-state index contributed by atoms with van der Waals surface area (Å²) < 4.78 is 11.0. The van der Waals surface area contributed by atoms with Gasteiger partial charge in [-0.25, -0.2) is 0 Å². The van der Waals surface area contributed by atoms with Crippen LogP contribution in [0.5, 0.6) is 11.5 Å². The number of nitrogens with one attached hydrogen (secondary N) is 2. The summed E-state index contributed by atoms with van der Waals surface area (Å²) in [7, 11) is 0. The van der Waals surface area contributed by atoms with E-state index in [4.69, 9.17) is 9.47 Å². The number of fused-ring (bicyclic) bond motifs is 1. The van der Waals surface area contributed by atoms with Gasteiger partial charge in [0.15, 0.2) is 6.61 Å². The Morgan fingerprint density at radius 3 is 2.11 bits per heavy atom. The lowest BCUT2D eigenvalue weighted by Crippen LogP contribution is -2.21. The summed E-state index contributed by atoms with van der Waals surface area (Å²) in [5.74, 6) is 0.256. The summed E-state index contributed by atoms with van der Waals surface area (Å²) in [6.07, 6.45) is 0.511. The largest absolute Gasteiger partial charge is 0.457 e. The number of hydrogen-bond acceptors (Lipinski definition) is 5. The minimum absolute atomic E-state index is 0.0455. The van der Waals surface area contributed by atoms with Gasteiger partial charge in [-0.1, -0.05) is 54.6 Å².